The first-order valence-electron chi connectivity index (χ1n) is 10.6. The monoisotopic (exact) mass is 467 g/mol. The lowest BCUT2D eigenvalue weighted by Gasteiger charge is -2.34. The smallest absolute Gasteiger partial charge is 0.322 e. The van der Waals surface area contributed by atoms with Crippen molar-refractivity contribution in [3.8, 4) is 16.9 Å². The second kappa shape index (κ2) is 9.74. The van der Waals surface area contributed by atoms with Gasteiger partial charge in [0.15, 0.2) is 0 Å². The number of hydrogen-bond acceptors (Lipinski definition) is 5. The van der Waals surface area contributed by atoms with Gasteiger partial charge in [-0.3, -0.25) is 4.79 Å². The van der Waals surface area contributed by atoms with E-state index in [-0.39, 0.29) is 24.3 Å². The highest BCUT2D eigenvalue weighted by atomic mass is 32.2. The van der Waals surface area contributed by atoms with Gasteiger partial charge in [0.1, 0.15) is 18.4 Å². The van der Waals surface area contributed by atoms with Crippen LogP contribution in [0.3, 0.4) is 0 Å². The van der Waals surface area contributed by atoms with Gasteiger partial charge in [-0.05, 0) is 47.4 Å². The first-order chi connectivity index (χ1) is 15.9. The Bertz CT molecular complexity index is 1210. The number of sulfonamides is 1. The number of carboxylic acids is 1. The van der Waals surface area contributed by atoms with Crippen LogP contribution in [0.25, 0.3) is 11.1 Å². The van der Waals surface area contributed by atoms with Gasteiger partial charge in [0.2, 0.25) is 10.0 Å². The minimum absolute atomic E-state index is 0.0119. The molecule has 3 aromatic rings. The summed E-state index contributed by atoms with van der Waals surface area (Å²) in [5, 5.41) is 19.2. The SMILES string of the molecule is O=C(O)C1CC(O)CCN1S(=O)(=O)c1ccc(OCc2ccccc2-c2ccccc2)cc1. The van der Waals surface area contributed by atoms with E-state index in [4.69, 9.17) is 4.74 Å². The van der Waals surface area contributed by atoms with E-state index in [1.807, 2.05) is 54.6 Å². The molecular formula is C25H25NO6S. The van der Waals surface area contributed by atoms with Crippen molar-refractivity contribution in [1.82, 2.24) is 4.31 Å². The molecule has 172 valence electrons. The van der Waals surface area contributed by atoms with Gasteiger partial charge in [-0.2, -0.15) is 4.31 Å². The Hall–Kier alpha value is -3.20. The van der Waals surface area contributed by atoms with Crippen molar-refractivity contribution in [3.63, 3.8) is 0 Å². The van der Waals surface area contributed by atoms with Crippen LogP contribution in [-0.4, -0.2) is 47.6 Å². The third-order valence-corrected chi connectivity index (χ3v) is 7.66. The summed E-state index contributed by atoms with van der Waals surface area (Å²) in [7, 11) is -4.02. The Kier molecular flexibility index (Phi) is 6.78. The lowest BCUT2D eigenvalue weighted by atomic mass is 10.0. The molecule has 1 aliphatic rings. The summed E-state index contributed by atoms with van der Waals surface area (Å²) in [4.78, 5) is 11.5. The van der Waals surface area contributed by atoms with Gasteiger partial charge in [0.25, 0.3) is 0 Å². The number of ether oxygens (including phenoxy) is 1. The third kappa shape index (κ3) is 5.08. The molecule has 0 radical (unpaired) electrons. The zero-order valence-electron chi connectivity index (χ0n) is 17.9. The normalized spacial score (nSPS) is 19.2. The van der Waals surface area contributed by atoms with Crippen LogP contribution < -0.4 is 4.74 Å². The molecule has 0 saturated carbocycles. The second-order valence-electron chi connectivity index (χ2n) is 7.93. The number of piperidine rings is 1. The highest BCUT2D eigenvalue weighted by molar-refractivity contribution is 7.89. The van der Waals surface area contributed by atoms with Crippen LogP contribution >= 0.6 is 0 Å². The van der Waals surface area contributed by atoms with Gasteiger partial charge in [-0.1, -0.05) is 54.6 Å². The third-order valence-electron chi connectivity index (χ3n) is 5.74. The van der Waals surface area contributed by atoms with E-state index in [0.29, 0.717) is 12.4 Å². The second-order valence-corrected chi connectivity index (χ2v) is 9.82. The van der Waals surface area contributed by atoms with Crippen molar-refractivity contribution in [1.29, 1.82) is 0 Å². The van der Waals surface area contributed by atoms with E-state index in [9.17, 15) is 23.4 Å². The summed E-state index contributed by atoms with van der Waals surface area (Å²) in [5.41, 5.74) is 3.14. The van der Waals surface area contributed by atoms with Crippen LogP contribution in [0.5, 0.6) is 5.75 Å². The molecule has 2 unspecified atom stereocenters. The number of aliphatic hydroxyl groups is 1. The summed E-state index contributed by atoms with van der Waals surface area (Å²) >= 11 is 0. The fourth-order valence-corrected chi connectivity index (χ4v) is 5.59. The number of carboxylic acid groups (broad SMARTS) is 1. The van der Waals surface area contributed by atoms with Crippen molar-refractivity contribution in [2.75, 3.05) is 6.54 Å². The first-order valence-corrected chi connectivity index (χ1v) is 12.1. The molecule has 0 spiro atoms. The average molecular weight is 468 g/mol. The van der Waals surface area contributed by atoms with Crippen molar-refractivity contribution in [2.45, 2.75) is 36.5 Å². The molecule has 0 aliphatic carbocycles. The number of nitrogens with zero attached hydrogens (tertiary/aromatic N) is 1. The topological polar surface area (TPSA) is 104 Å². The van der Waals surface area contributed by atoms with E-state index in [1.165, 1.54) is 12.1 Å². The molecule has 0 amide bonds. The number of hydrogen-bond donors (Lipinski definition) is 2. The number of aliphatic carboxylic acids is 1. The maximum atomic E-state index is 13.0. The van der Waals surface area contributed by atoms with Gasteiger partial charge < -0.3 is 14.9 Å². The van der Waals surface area contributed by atoms with Crippen molar-refractivity contribution >= 4 is 16.0 Å². The number of benzene rings is 3. The Morgan fingerprint density at radius 3 is 2.33 bits per heavy atom. The molecule has 2 atom stereocenters. The van der Waals surface area contributed by atoms with Gasteiger partial charge in [-0.15, -0.1) is 0 Å². The molecule has 1 saturated heterocycles. The minimum Gasteiger partial charge on any atom is -0.489 e. The Balaban J connectivity index is 1.49. The molecule has 33 heavy (non-hydrogen) atoms. The molecule has 4 rings (SSSR count). The standard InChI is InChI=1S/C25H25NO6S/c27-20-14-15-26(24(16-20)25(28)29)33(30,31)22-12-10-21(11-13-22)32-17-19-8-4-5-9-23(19)18-6-2-1-3-7-18/h1-13,20,24,27H,14-17H2,(H,28,29). The fourth-order valence-electron chi connectivity index (χ4n) is 3.99. The quantitative estimate of drug-likeness (QED) is 0.551. The molecule has 0 bridgehead atoms. The van der Waals surface area contributed by atoms with Gasteiger partial charge in [-0.25, -0.2) is 8.42 Å². The van der Waals surface area contributed by atoms with E-state index in [2.05, 4.69) is 0 Å². The van der Waals surface area contributed by atoms with Gasteiger partial charge in [0.05, 0.1) is 11.0 Å². The summed E-state index contributed by atoms with van der Waals surface area (Å²) in [6.45, 7) is 0.261. The Labute approximate surface area is 192 Å². The van der Waals surface area contributed by atoms with Gasteiger partial charge >= 0.3 is 5.97 Å². The van der Waals surface area contributed by atoms with Crippen molar-refractivity contribution in [3.05, 3.63) is 84.4 Å². The number of carbonyl (C=O) groups is 1. The maximum Gasteiger partial charge on any atom is 0.322 e. The molecule has 2 N–H and O–H groups in total. The van der Waals surface area contributed by atoms with E-state index in [0.717, 1.165) is 21.0 Å². The predicted molar refractivity (Wildman–Crippen MR) is 123 cm³/mol. The number of rotatable bonds is 7. The molecule has 8 heteroatoms. The lowest BCUT2D eigenvalue weighted by Crippen LogP contribution is -2.51. The minimum atomic E-state index is -4.02. The lowest BCUT2D eigenvalue weighted by molar-refractivity contribution is -0.143. The Morgan fingerprint density at radius 1 is 0.970 bits per heavy atom. The molecule has 1 aliphatic heterocycles. The summed E-state index contributed by atoms with van der Waals surface area (Å²) in [6, 6.07) is 22.6. The van der Waals surface area contributed by atoms with Gasteiger partial charge in [0, 0.05) is 13.0 Å². The van der Waals surface area contributed by atoms with E-state index in [1.54, 1.807) is 12.1 Å². The van der Waals surface area contributed by atoms with Crippen LogP contribution in [0.2, 0.25) is 0 Å². The maximum absolute atomic E-state index is 13.0. The van der Waals surface area contributed by atoms with Crippen LogP contribution in [-0.2, 0) is 21.4 Å². The van der Waals surface area contributed by atoms with Crippen LogP contribution in [0.1, 0.15) is 18.4 Å². The molecule has 3 aromatic carbocycles. The Morgan fingerprint density at radius 2 is 1.64 bits per heavy atom. The highest BCUT2D eigenvalue weighted by Gasteiger charge is 2.40. The van der Waals surface area contributed by atoms with E-state index >= 15 is 0 Å². The molecule has 1 heterocycles. The van der Waals surface area contributed by atoms with E-state index < -0.39 is 28.1 Å². The summed E-state index contributed by atoms with van der Waals surface area (Å²) in [5.74, 6) is -0.768. The highest BCUT2D eigenvalue weighted by Crippen LogP contribution is 2.28. The summed E-state index contributed by atoms with van der Waals surface area (Å²) < 4.78 is 32.9. The van der Waals surface area contributed by atoms with Crippen LogP contribution in [0.15, 0.2) is 83.8 Å². The zero-order chi connectivity index (χ0) is 23.4. The largest absolute Gasteiger partial charge is 0.489 e. The van der Waals surface area contributed by atoms with Crippen molar-refractivity contribution < 1.29 is 28.2 Å². The molecule has 0 aromatic heterocycles. The molecule has 1 fully saturated rings. The molecular weight excluding hydrogens is 442 g/mol. The molecule has 7 nitrogen and oxygen atoms in total. The van der Waals surface area contributed by atoms with Crippen LogP contribution in [0.4, 0.5) is 0 Å². The first kappa shape index (κ1) is 23.0. The van der Waals surface area contributed by atoms with Crippen LogP contribution in [0, 0.1) is 0 Å². The average Bonchev–Trinajstić information content (AvgIpc) is 2.83. The predicted octanol–water partition coefficient (Wildman–Crippen LogP) is 3.53. The number of aliphatic hydroxyl groups excluding tert-OH is 1. The summed E-state index contributed by atoms with van der Waals surface area (Å²) in [6.07, 6.45) is -0.756. The fraction of sp³-hybridized carbons (Fsp3) is 0.240. The zero-order valence-corrected chi connectivity index (χ0v) is 18.7. The van der Waals surface area contributed by atoms with Crippen molar-refractivity contribution in [2.24, 2.45) is 0 Å².